The summed E-state index contributed by atoms with van der Waals surface area (Å²) in [5, 5.41) is 19.0. The third-order valence-corrected chi connectivity index (χ3v) is 4.81. The Hall–Kier alpha value is -1.14. The number of urea groups is 1. The van der Waals surface area contributed by atoms with Crippen LogP contribution < -0.4 is 10.6 Å². The van der Waals surface area contributed by atoms with E-state index in [2.05, 4.69) is 22.5 Å². The summed E-state index contributed by atoms with van der Waals surface area (Å²) in [5.41, 5.74) is 0.517. The maximum absolute atomic E-state index is 12.0. The molecule has 3 N–H and O–H groups in total. The number of thiazole rings is 1. The van der Waals surface area contributed by atoms with Crippen LogP contribution in [0.3, 0.4) is 0 Å². The maximum Gasteiger partial charge on any atom is 0.315 e. The highest BCUT2D eigenvalue weighted by Crippen LogP contribution is 2.25. The van der Waals surface area contributed by atoms with Crippen LogP contribution in [0.1, 0.15) is 58.3 Å². The Kier molecular flexibility index (Phi) is 6.81. The second-order valence-corrected chi connectivity index (χ2v) is 7.69. The van der Waals surface area contributed by atoms with Crippen LogP contribution in [0.2, 0.25) is 0 Å². The van der Waals surface area contributed by atoms with Crippen molar-refractivity contribution >= 4 is 17.4 Å². The van der Waals surface area contributed by atoms with Gasteiger partial charge >= 0.3 is 6.03 Å². The molecular formula is C16H29N3O2S. The van der Waals surface area contributed by atoms with Crippen molar-refractivity contribution in [1.82, 2.24) is 15.6 Å². The standard InChI is InChI=1S/C16H29N3O2S/c1-7-13-19-12(8-22-13)11(4)18-15(21)17-9-16(5,6)14(20)10(2)3/h8,10-11,14,20H,7,9H2,1-6H3,(H2,17,18,21). The van der Waals surface area contributed by atoms with Crippen LogP contribution in [0.15, 0.2) is 5.38 Å². The van der Waals surface area contributed by atoms with Crippen molar-refractivity contribution < 1.29 is 9.90 Å². The number of aliphatic hydroxyl groups excluding tert-OH is 1. The molecule has 126 valence electrons. The normalized spacial score (nSPS) is 14.7. The largest absolute Gasteiger partial charge is 0.392 e. The van der Waals surface area contributed by atoms with Crippen LogP contribution in [0, 0.1) is 11.3 Å². The molecule has 2 atom stereocenters. The van der Waals surface area contributed by atoms with Gasteiger partial charge in [-0.15, -0.1) is 11.3 Å². The lowest BCUT2D eigenvalue weighted by molar-refractivity contribution is 0.0151. The van der Waals surface area contributed by atoms with Gasteiger partial charge in [-0.25, -0.2) is 9.78 Å². The van der Waals surface area contributed by atoms with E-state index in [1.165, 1.54) is 0 Å². The molecule has 0 aliphatic heterocycles. The van der Waals surface area contributed by atoms with Crippen LogP contribution in [0.25, 0.3) is 0 Å². The molecule has 2 unspecified atom stereocenters. The predicted molar refractivity (Wildman–Crippen MR) is 91.1 cm³/mol. The van der Waals surface area contributed by atoms with Gasteiger partial charge in [0.05, 0.1) is 22.8 Å². The molecule has 1 rings (SSSR count). The summed E-state index contributed by atoms with van der Waals surface area (Å²) in [4.78, 5) is 16.5. The molecule has 0 spiro atoms. The molecule has 0 aromatic carbocycles. The Morgan fingerprint density at radius 2 is 2.05 bits per heavy atom. The first-order valence-corrected chi connectivity index (χ1v) is 8.72. The van der Waals surface area contributed by atoms with E-state index in [0.717, 1.165) is 17.1 Å². The molecule has 0 saturated carbocycles. The van der Waals surface area contributed by atoms with Crippen molar-refractivity contribution in [3.05, 3.63) is 16.1 Å². The number of hydrogen-bond donors (Lipinski definition) is 3. The van der Waals surface area contributed by atoms with Gasteiger partial charge in [0, 0.05) is 17.3 Å². The van der Waals surface area contributed by atoms with Gasteiger partial charge in [0.1, 0.15) is 0 Å². The number of aliphatic hydroxyl groups is 1. The Balaban J connectivity index is 2.49. The van der Waals surface area contributed by atoms with Crippen molar-refractivity contribution in [1.29, 1.82) is 0 Å². The van der Waals surface area contributed by atoms with Gasteiger partial charge in [0.25, 0.3) is 0 Å². The molecular weight excluding hydrogens is 298 g/mol. The van der Waals surface area contributed by atoms with E-state index in [-0.39, 0.29) is 23.4 Å². The number of aryl methyl sites for hydroxylation is 1. The summed E-state index contributed by atoms with van der Waals surface area (Å²) < 4.78 is 0. The van der Waals surface area contributed by atoms with E-state index in [9.17, 15) is 9.90 Å². The van der Waals surface area contributed by atoms with Gasteiger partial charge in [-0.1, -0.05) is 34.6 Å². The zero-order valence-corrected chi connectivity index (χ0v) is 15.3. The summed E-state index contributed by atoms with van der Waals surface area (Å²) in [5.74, 6) is 0.154. The zero-order chi connectivity index (χ0) is 16.9. The number of nitrogens with zero attached hydrogens (tertiary/aromatic N) is 1. The smallest absolute Gasteiger partial charge is 0.315 e. The highest BCUT2D eigenvalue weighted by atomic mass is 32.1. The zero-order valence-electron chi connectivity index (χ0n) is 14.4. The summed E-state index contributed by atoms with van der Waals surface area (Å²) >= 11 is 1.61. The fraction of sp³-hybridized carbons (Fsp3) is 0.750. The summed E-state index contributed by atoms with van der Waals surface area (Å²) in [6.45, 7) is 12.3. The van der Waals surface area contributed by atoms with E-state index in [1.54, 1.807) is 11.3 Å². The number of carbonyl (C=O) groups is 1. The molecule has 0 saturated heterocycles. The topological polar surface area (TPSA) is 74.2 Å². The quantitative estimate of drug-likeness (QED) is 0.720. The second-order valence-electron chi connectivity index (χ2n) is 6.75. The molecule has 5 nitrogen and oxygen atoms in total. The van der Waals surface area contributed by atoms with Crippen LogP contribution in [-0.2, 0) is 6.42 Å². The van der Waals surface area contributed by atoms with Gasteiger partial charge < -0.3 is 15.7 Å². The molecule has 6 heteroatoms. The SMILES string of the molecule is CCc1nc(C(C)NC(=O)NCC(C)(C)C(O)C(C)C)cs1. The first-order chi connectivity index (χ1) is 10.2. The van der Waals surface area contributed by atoms with Gasteiger partial charge in [0.2, 0.25) is 0 Å². The number of carbonyl (C=O) groups excluding carboxylic acids is 1. The van der Waals surface area contributed by atoms with Crippen molar-refractivity contribution in [3.63, 3.8) is 0 Å². The molecule has 2 amide bonds. The second kappa shape index (κ2) is 7.92. The molecule has 0 aliphatic carbocycles. The van der Waals surface area contributed by atoms with E-state index >= 15 is 0 Å². The lowest BCUT2D eigenvalue weighted by atomic mass is 9.81. The Labute approximate surface area is 137 Å². The van der Waals surface area contributed by atoms with E-state index < -0.39 is 6.10 Å². The van der Waals surface area contributed by atoms with Gasteiger partial charge in [-0.2, -0.15) is 0 Å². The van der Waals surface area contributed by atoms with Crippen molar-refractivity contribution in [3.8, 4) is 0 Å². The summed E-state index contributed by atoms with van der Waals surface area (Å²) in [6, 6.07) is -0.364. The van der Waals surface area contributed by atoms with Crippen LogP contribution in [0.5, 0.6) is 0 Å². The van der Waals surface area contributed by atoms with Crippen LogP contribution in [-0.4, -0.2) is 28.8 Å². The Bertz CT molecular complexity index is 485. The highest BCUT2D eigenvalue weighted by molar-refractivity contribution is 7.09. The summed E-state index contributed by atoms with van der Waals surface area (Å²) in [7, 11) is 0. The lowest BCUT2D eigenvalue weighted by Crippen LogP contribution is -2.46. The molecule has 0 bridgehead atoms. The molecule has 1 heterocycles. The van der Waals surface area contributed by atoms with Crippen LogP contribution >= 0.6 is 11.3 Å². The highest BCUT2D eigenvalue weighted by Gasteiger charge is 2.30. The Morgan fingerprint density at radius 3 is 2.55 bits per heavy atom. The van der Waals surface area contributed by atoms with Gasteiger partial charge in [-0.3, -0.25) is 0 Å². The van der Waals surface area contributed by atoms with E-state index in [4.69, 9.17) is 0 Å². The average molecular weight is 327 g/mol. The predicted octanol–water partition coefficient (Wildman–Crippen LogP) is 3.11. The fourth-order valence-corrected chi connectivity index (χ4v) is 3.16. The molecule has 1 aromatic rings. The number of aromatic nitrogens is 1. The van der Waals surface area contributed by atoms with Crippen molar-refractivity contribution in [2.75, 3.05) is 6.54 Å². The minimum absolute atomic E-state index is 0.130. The van der Waals surface area contributed by atoms with E-state index in [1.807, 2.05) is 40.0 Å². The number of rotatable bonds is 7. The lowest BCUT2D eigenvalue weighted by Gasteiger charge is -2.33. The third-order valence-electron chi connectivity index (χ3n) is 3.80. The van der Waals surface area contributed by atoms with Crippen molar-refractivity contribution in [2.45, 2.75) is 60.1 Å². The minimum Gasteiger partial charge on any atom is -0.392 e. The number of nitrogens with one attached hydrogen (secondary N) is 2. The summed E-state index contributed by atoms with van der Waals surface area (Å²) in [6.07, 6.45) is 0.445. The van der Waals surface area contributed by atoms with Crippen LogP contribution in [0.4, 0.5) is 4.79 Å². The van der Waals surface area contributed by atoms with E-state index in [0.29, 0.717) is 6.54 Å². The molecule has 22 heavy (non-hydrogen) atoms. The third kappa shape index (κ3) is 5.25. The first kappa shape index (κ1) is 18.9. The first-order valence-electron chi connectivity index (χ1n) is 7.84. The maximum atomic E-state index is 12.0. The molecule has 0 radical (unpaired) electrons. The number of hydrogen-bond acceptors (Lipinski definition) is 4. The molecule has 0 aliphatic rings. The van der Waals surface area contributed by atoms with Gasteiger partial charge in [-0.05, 0) is 19.3 Å². The molecule has 1 aromatic heterocycles. The molecule has 0 fully saturated rings. The van der Waals surface area contributed by atoms with Crippen molar-refractivity contribution in [2.24, 2.45) is 11.3 Å². The number of amides is 2. The average Bonchev–Trinajstić information content (AvgIpc) is 2.93. The fourth-order valence-electron chi connectivity index (χ4n) is 2.32. The monoisotopic (exact) mass is 327 g/mol. The van der Waals surface area contributed by atoms with Gasteiger partial charge in [0.15, 0.2) is 0 Å². The minimum atomic E-state index is -0.462. The Morgan fingerprint density at radius 1 is 1.41 bits per heavy atom.